The van der Waals surface area contributed by atoms with E-state index >= 15 is 0 Å². The quantitative estimate of drug-likeness (QED) is 0.541. The van der Waals surface area contributed by atoms with Crippen LogP contribution in [0.5, 0.6) is 5.75 Å². The summed E-state index contributed by atoms with van der Waals surface area (Å²) in [6, 6.07) is 16.4. The fourth-order valence-corrected chi connectivity index (χ4v) is 2.27. The van der Waals surface area contributed by atoms with Crippen molar-refractivity contribution < 1.29 is 14.4 Å². The molecular formula is C18H17NO4. The maximum atomic E-state index is 12.7. The van der Waals surface area contributed by atoms with Gasteiger partial charge < -0.3 is 14.4 Å². The Morgan fingerprint density at radius 3 is 2.57 bits per heavy atom. The van der Waals surface area contributed by atoms with Crippen molar-refractivity contribution in [2.24, 2.45) is 0 Å². The molecule has 2 N–H and O–H groups in total. The van der Waals surface area contributed by atoms with Crippen molar-refractivity contribution in [2.45, 2.75) is 6.42 Å². The Morgan fingerprint density at radius 2 is 1.78 bits per heavy atom. The van der Waals surface area contributed by atoms with Gasteiger partial charge in [0.05, 0.1) is 5.39 Å². The number of nitrogens with one attached hydrogen (secondary N) is 1. The smallest absolute Gasteiger partial charge is 0.238 e. The first-order chi connectivity index (χ1) is 11.3. The standard InChI is InChI=1S/C18H17NO4/c20-12-6-11-19-23-18-16(21)14-9-4-5-10-15(14)22-17(18)13-7-2-1-3-8-13/h1-5,7-10,19-20H,6,11-12H2. The van der Waals surface area contributed by atoms with Crippen LogP contribution in [0.25, 0.3) is 22.3 Å². The minimum atomic E-state index is -0.234. The molecule has 0 aliphatic carbocycles. The second-order valence-corrected chi connectivity index (χ2v) is 5.03. The summed E-state index contributed by atoms with van der Waals surface area (Å²) in [5.41, 5.74) is 3.74. The summed E-state index contributed by atoms with van der Waals surface area (Å²) in [5.74, 6) is 0.499. The molecule has 0 atom stereocenters. The van der Waals surface area contributed by atoms with Gasteiger partial charge in [-0.15, -0.1) is 0 Å². The molecule has 0 amide bonds. The second-order valence-electron chi connectivity index (χ2n) is 5.03. The Labute approximate surface area is 133 Å². The molecule has 0 saturated carbocycles. The fourth-order valence-electron chi connectivity index (χ4n) is 2.27. The predicted octanol–water partition coefficient (Wildman–Crippen LogP) is 2.73. The molecule has 0 aliphatic rings. The third-order valence-electron chi connectivity index (χ3n) is 3.40. The average molecular weight is 311 g/mol. The molecule has 3 aromatic rings. The van der Waals surface area contributed by atoms with E-state index in [9.17, 15) is 4.79 Å². The normalized spacial score (nSPS) is 10.8. The van der Waals surface area contributed by atoms with Gasteiger partial charge in [-0.05, 0) is 18.6 Å². The maximum absolute atomic E-state index is 12.7. The van der Waals surface area contributed by atoms with Crippen LogP contribution in [-0.4, -0.2) is 18.3 Å². The lowest BCUT2D eigenvalue weighted by Gasteiger charge is -2.11. The molecule has 3 rings (SSSR count). The molecule has 0 radical (unpaired) electrons. The Morgan fingerprint density at radius 1 is 1.04 bits per heavy atom. The van der Waals surface area contributed by atoms with Gasteiger partial charge in [0.25, 0.3) is 0 Å². The van der Waals surface area contributed by atoms with E-state index in [0.717, 1.165) is 5.56 Å². The van der Waals surface area contributed by atoms with Crippen molar-refractivity contribution in [3.63, 3.8) is 0 Å². The molecule has 0 aliphatic heterocycles. The second kappa shape index (κ2) is 7.09. The van der Waals surface area contributed by atoms with E-state index in [0.29, 0.717) is 29.7 Å². The van der Waals surface area contributed by atoms with E-state index in [4.69, 9.17) is 14.4 Å². The number of aliphatic hydroxyl groups is 1. The molecule has 23 heavy (non-hydrogen) atoms. The largest absolute Gasteiger partial charge is 0.452 e. The molecule has 0 fully saturated rings. The van der Waals surface area contributed by atoms with Crippen molar-refractivity contribution in [3.05, 3.63) is 64.8 Å². The number of benzene rings is 2. The van der Waals surface area contributed by atoms with Crippen LogP contribution in [-0.2, 0) is 0 Å². The molecule has 0 spiro atoms. The molecule has 118 valence electrons. The maximum Gasteiger partial charge on any atom is 0.238 e. The van der Waals surface area contributed by atoms with Gasteiger partial charge in [0.1, 0.15) is 5.58 Å². The van der Waals surface area contributed by atoms with Crippen molar-refractivity contribution in [1.29, 1.82) is 0 Å². The average Bonchev–Trinajstić information content (AvgIpc) is 2.61. The molecular weight excluding hydrogens is 294 g/mol. The third-order valence-corrected chi connectivity index (χ3v) is 3.40. The first kappa shape index (κ1) is 15.3. The van der Waals surface area contributed by atoms with E-state index in [1.54, 1.807) is 18.2 Å². The van der Waals surface area contributed by atoms with Crippen molar-refractivity contribution in [3.8, 4) is 17.1 Å². The monoisotopic (exact) mass is 311 g/mol. The zero-order chi connectivity index (χ0) is 16.1. The first-order valence-corrected chi connectivity index (χ1v) is 7.43. The predicted molar refractivity (Wildman–Crippen MR) is 88.3 cm³/mol. The highest BCUT2D eigenvalue weighted by Crippen LogP contribution is 2.30. The summed E-state index contributed by atoms with van der Waals surface area (Å²) in [5, 5.41) is 9.28. The summed E-state index contributed by atoms with van der Waals surface area (Å²) in [6.45, 7) is 0.477. The summed E-state index contributed by atoms with van der Waals surface area (Å²) in [7, 11) is 0. The molecule has 0 saturated heterocycles. The van der Waals surface area contributed by atoms with Crippen LogP contribution in [0.3, 0.4) is 0 Å². The Hall–Kier alpha value is -2.63. The van der Waals surface area contributed by atoms with Crippen LogP contribution < -0.4 is 15.7 Å². The Bertz CT molecular complexity index is 843. The van der Waals surface area contributed by atoms with Crippen molar-refractivity contribution >= 4 is 11.0 Å². The number of hydrogen-bond donors (Lipinski definition) is 2. The molecule has 5 nitrogen and oxygen atoms in total. The summed E-state index contributed by atoms with van der Waals surface area (Å²) in [6.07, 6.45) is 0.527. The molecule has 1 heterocycles. The van der Waals surface area contributed by atoms with E-state index in [2.05, 4.69) is 5.48 Å². The number of rotatable bonds is 6. The minimum absolute atomic E-state index is 0.0498. The number of hydroxylamine groups is 1. The van der Waals surface area contributed by atoms with E-state index < -0.39 is 0 Å². The van der Waals surface area contributed by atoms with Gasteiger partial charge in [0, 0.05) is 18.7 Å². The minimum Gasteiger partial charge on any atom is -0.452 e. The molecule has 0 unspecified atom stereocenters. The van der Waals surface area contributed by atoms with Gasteiger partial charge >= 0.3 is 0 Å². The Kier molecular flexibility index (Phi) is 4.71. The van der Waals surface area contributed by atoms with E-state index in [1.807, 2.05) is 36.4 Å². The fraction of sp³-hybridized carbons (Fsp3) is 0.167. The van der Waals surface area contributed by atoms with Crippen molar-refractivity contribution in [1.82, 2.24) is 5.48 Å². The molecule has 5 heteroatoms. The number of aliphatic hydroxyl groups excluding tert-OH is 1. The van der Waals surface area contributed by atoms with Crippen molar-refractivity contribution in [2.75, 3.05) is 13.2 Å². The van der Waals surface area contributed by atoms with Crippen LogP contribution in [0, 0.1) is 0 Å². The van der Waals surface area contributed by atoms with Gasteiger partial charge in [0.2, 0.25) is 11.2 Å². The third kappa shape index (κ3) is 3.26. The topological polar surface area (TPSA) is 71.7 Å². The van der Waals surface area contributed by atoms with Crippen LogP contribution in [0.15, 0.2) is 63.8 Å². The molecule has 1 aromatic heterocycles. The zero-order valence-corrected chi connectivity index (χ0v) is 12.5. The Balaban J connectivity index is 2.10. The lowest BCUT2D eigenvalue weighted by atomic mass is 10.1. The highest BCUT2D eigenvalue weighted by atomic mass is 16.7. The molecule has 0 bridgehead atoms. The zero-order valence-electron chi connectivity index (χ0n) is 12.5. The number of para-hydroxylation sites is 1. The van der Waals surface area contributed by atoms with E-state index in [1.165, 1.54) is 0 Å². The molecule has 2 aromatic carbocycles. The van der Waals surface area contributed by atoms with Gasteiger partial charge in [-0.2, -0.15) is 5.48 Å². The van der Waals surface area contributed by atoms with Crippen LogP contribution in [0.1, 0.15) is 6.42 Å². The number of fused-ring (bicyclic) bond motifs is 1. The van der Waals surface area contributed by atoms with E-state index in [-0.39, 0.29) is 17.8 Å². The summed E-state index contributed by atoms with van der Waals surface area (Å²) >= 11 is 0. The van der Waals surface area contributed by atoms with Gasteiger partial charge in [-0.25, -0.2) is 0 Å². The highest BCUT2D eigenvalue weighted by Gasteiger charge is 2.17. The lowest BCUT2D eigenvalue weighted by molar-refractivity contribution is 0.177. The summed E-state index contributed by atoms with van der Waals surface area (Å²) < 4.78 is 5.90. The lowest BCUT2D eigenvalue weighted by Crippen LogP contribution is -2.24. The van der Waals surface area contributed by atoms with Crippen LogP contribution >= 0.6 is 0 Å². The SMILES string of the molecule is O=c1c(ONCCCO)c(-c2ccccc2)oc2ccccc12. The highest BCUT2D eigenvalue weighted by molar-refractivity contribution is 5.81. The van der Waals surface area contributed by atoms with Gasteiger partial charge in [-0.3, -0.25) is 4.79 Å². The van der Waals surface area contributed by atoms with Crippen LogP contribution in [0.2, 0.25) is 0 Å². The van der Waals surface area contributed by atoms with Gasteiger partial charge in [0.15, 0.2) is 5.76 Å². The summed E-state index contributed by atoms with van der Waals surface area (Å²) in [4.78, 5) is 18.2. The van der Waals surface area contributed by atoms with Crippen LogP contribution in [0.4, 0.5) is 0 Å². The first-order valence-electron chi connectivity index (χ1n) is 7.43. The number of hydrogen-bond acceptors (Lipinski definition) is 5. The van der Waals surface area contributed by atoms with Gasteiger partial charge in [-0.1, -0.05) is 42.5 Å².